The predicted octanol–water partition coefficient (Wildman–Crippen LogP) is 4.26. The molecule has 3 nitrogen and oxygen atoms in total. The molecule has 0 spiro atoms. The first-order chi connectivity index (χ1) is 8.13. The molecule has 0 saturated carbocycles. The normalized spacial score (nSPS) is 10.8. The van der Waals surface area contributed by atoms with Crippen LogP contribution in [0.3, 0.4) is 0 Å². The van der Waals surface area contributed by atoms with Crippen LogP contribution in [0.2, 0.25) is 5.15 Å². The fraction of sp³-hybridized carbons (Fsp3) is 0.333. The molecule has 0 aromatic carbocycles. The molecule has 2 heterocycles. The Morgan fingerprint density at radius 3 is 2.76 bits per heavy atom. The Labute approximate surface area is 119 Å². The Morgan fingerprint density at radius 2 is 2.18 bits per heavy atom. The van der Waals surface area contributed by atoms with Gasteiger partial charge in [0, 0.05) is 0 Å². The first-order valence-corrected chi connectivity index (χ1v) is 6.85. The van der Waals surface area contributed by atoms with E-state index in [2.05, 4.69) is 39.5 Å². The van der Waals surface area contributed by atoms with Gasteiger partial charge in [-0.05, 0) is 47.6 Å². The minimum absolute atomic E-state index is 0.495. The van der Waals surface area contributed by atoms with E-state index in [0.717, 1.165) is 27.7 Å². The lowest BCUT2D eigenvalue weighted by Crippen LogP contribution is -2.00. The fourth-order valence-corrected chi connectivity index (χ4v) is 2.27. The van der Waals surface area contributed by atoms with Crippen molar-refractivity contribution in [2.75, 3.05) is 0 Å². The van der Waals surface area contributed by atoms with Gasteiger partial charge in [-0.15, -0.1) is 0 Å². The van der Waals surface area contributed by atoms with Gasteiger partial charge in [-0.3, -0.25) is 0 Å². The van der Waals surface area contributed by atoms with Crippen LogP contribution in [0.15, 0.2) is 16.7 Å². The number of furan rings is 1. The van der Waals surface area contributed by atoms with Crippen LogP contribution in [0.25, 0.3) is 11.6 Å². The van der Waals surface area contributed by atoms with Crippen LogP contribution < -0.4 is 0 Å². The lowest BCUT2D eigenvalue weighted by molar-refractivity contribution is 0.575. The second-order valence-corrected chi connectivity index (χ2v) is 5.22. The molecule has 0 aliphatic carbocycles. The van der Waals surface area contributed by atoms with E-state index in [1.165, 1.54) is 0 Å². The molecular formula is C12H12ClIN2O. The Kier molecular flexibility index (Phi) is 4.04. The number of aromatic nitrogens is 2. The minimum atomic E-state index is 0.495. The average Bonchev–Trinajstić information content (AvgIpc) is 2.71. The highest BCUT2D eigenvalue weighted by atomic mass is 127. The third kappa shape index (κ3) is 2.63. The zero-order valence-corrected chi connectivity index (χ0v) is 12.5. The van der Waals surface area contributed by atoms with Crippen molar-refractivity contribution in [3.8, 4) is 11.6 Å². The molecule has 0 unspecified atom stereocenters. The highest BCUT2D eigenvalue weighted by Crippen LogP contribution is 2.26. The Morgan fingerprint density at radius 1 is 1.41 bits per heavy atom. The monoisotopic (exact) mass is 362 g/mol. The van der Waals surface area contributed by atoms with Crippen LogP contribution in [0.4, 0.5) is 0 Å². The molecular weight excluding hydrogens is 351 g/mol. The molecule has 2 aromatic rings. The predicted molar refractivity (Wildman–Crippen MR) is 76.2 cm³/mol. The molecule has 0 aliphatic heterocycles. The van der Waals surface area contributed by atoms with E-state index in [1.807, 2.05) is 13.0 Å². The van der Waals surface area contributed by atoms with Crippen LogP contribution >= 0.6 is 34.2 Å². The van der Waals surface area contributed by atoms with Crippen molar-refractivity contribution in [3.05, 3.63) is 32.3 Å². The largest absolute Gasteiger partial charge is 0.461 e. The first-order valence-electron chi connectivity index (χ1n) is 5.39. The van der Waals surface area contributed by atoms with Crippen LogP contribution in [0, 0.1) is 10.5 Å². The van der Waals surface area contributed by atoms with Crippen LogP contribution in [0.1, 0.15) is 24.6 Å². The molecule has 0 bridgehead atoms. The van der Waals surface area contributed by atoms with Gasteiger partial charge in [-0.2, -0.15) is 0 Å². The molecule has 0 amide bonds. The fourth-order valence-electron chi connectivity index (χ4n) is 1.57. The second-order valence-electron chi connectivity index (χ2n) is 3.78. The van der Waals surface area contributed by atoms with Gasteiger partial charge in [-0.1, -0.05) is 24.9 Å². The summed E-state index contributed by atoms with van der Waals surface area (Å²) >= 11 is 8.31. The quantitative estimate of drug-likeness (QED) is 0.605. The minimum Gasteiger partial charge on any atom is -0.461 e. The summed E-state index contributed by atoms with van der Waals surface area (Å²) in [5.41, 5.74) is 2.00. The van der Waals surface area contributed by atoms with Crippen LogP contribution in [-0.4, -0.2) is 9.97 Å². The standard InChI is InChI=1S/C12H12ClIN2O/c1-3-4-8-9(14)11(13)16-12(15-8)10-7(2)5-6-17-10/h5-6H,3-4H2,1-2H3. The molecule has 0 aliphatic rings. The van der Waals surface area contributed by atoms with E-state index in [9.17, 15) is 0 Å². The molecule has 0 N–H and O–H groups in total. The van der Waals surface area contributed by atoms with Crippen molar-refractivity contribution in [2.24, 2.45) is 0 Å². The molecule has 17 heavy (non-hydrogen) atoms. The molecule has 90 valence electrons. The highest BCUT2D eigenvalue weighted by Gasteiger charge is 2.14. The molecule has 5 heteroatoms. The Bertz CT molecular complexity index is 539. The van der Waals surface area contributed by atoms with Gasteiger partial charge in [0.15, 0.2) is 11.6 Å². The molecule has 2 rings (SSSR count). The van der Waals surface area contributed by atoms with Crippen molar-refractivity contribution >= 4 is 34.2 Å². The maximum absolute atomic E-state index is 6.12. The van der Waals surface area contributed by atoms with Gasteiger partial charge in [0.1, 0.15) is 5.15 Å². The topological polar surface area (TPSA) is 38.9 Å². The molecule has 0 saturated heterocycles. The van der Waals surface area contributed by atoms with Crippen molar-refractivity contribution in [1.29, 1.82) is 0 Å². The summed E-state index contributed by atoms with van der Waals surface area (Å²) in [4.78, 5) is 8.80. The van der Waals surface area contributed by atoms with Gasteiger partial charge in [-0.25, -0.2) is 9.97 Å². The van der Waals surface area contributed by atoms with E-state index in [-0.39, 0.29) is 0 Å². The smallest absolute Gasteiger partial charge is 0.197 e. The Balaban J connectivity index is 2.53. The zero-order chi connectivity index (χ0) is 12.4. The summed E-state index contributed by atoms with van der Waals surface area (Å²) in [6.07, 6.45) is 3.56. The SMILES string of the molecule is CCCc1nc(-c2occc2C)nc(Cl)c1I. The van der Waals surface area contributed by atoms with Crippen molar-refractivity contribution in [1.82, 2.24) is 9.97 Å². The maximum atomic E-state index is 6.12. The lowest BCUT2D eigenvalue weighted by Gasteiger charge is -2.06. The summed E-state index contributed by atoms with van der Waals surface area (Å²) in [6.45, 7) is 4.08. The van der Waals surface area contributed by atoms with E-state index in [4.69, 9.17) is 16.0 Å². The zero-order valence-electron chi connectivity index (χ0n) is 9.63. The summed E-state index contributed by atoms with van der Waals surface area (Å²) < 4.78 is 6.32. The van der Waals surface area contributed by atoms with Crippen LogP contribution in [-0.2, 0) is 6.42 Å². The summed E-state index contributed by atoms with van der Waals surface area (Å²) in [7, 11) is 0. The van der Waals surface area contributed by atoms with Gasteiger partial charge in [0.2, 0.25) is 0 Å². The molecule has 0 atom stereocenters. The summed E-state index contributed by atoms with van der Waals surface area (Å²) in [5.74, 6) is 1.27. The molecule has 0 fully saturated rings. The van der Waals surface area contributed by atoms with Crippen LogP contribution in [0.5, 0.6) is 0 Å². The van der Waals surface area contributed by atoms with Crippen molar-refractivity contribution in [2.45, 2.75) is 26.7 Å². The van der Waals surface area contributed by atoms with E-state index >= 15 is 0 Å². The number of aryl methyl sites for hydroxylation is 2. The summed E-state index contributed by atoms with van der Waals surface area (Å²) in [5, 5.41) is 0.495. The average molecular weight is 363 g/mol. The third-order valence-electron chi connectivity index (χ3n) is 2.43. The maximum Gasteiger partial charge on any atom is 0.197 e. The first kappa shape index (κ1) is 12.8. The number of hydrogen-bond donors (Lipinski definition) is 0. The van der Waals surface area contributed by atoms with E-state index in [0.29, 0.717) is 16.7 Å². The second kappa shape index (κ2) is 5.35. The van der Waals surface area contributed by atoms with Crippen molar-refractivity contribution < 1.29 is 4.42 Å². The lowest BCUT2D eigenvalue weighted by atomic mass is 10.2. The van der Waals surface area contributed by atoms with Gasteiger partial charge >= 0.3 is 0 Å². The number of rotatable bonds is 3. The molecule has 0 radical (unpaired) electrons. The third-order valence-corrected chi connectivity index (χ3v) is 4.16. The summed E-state index contributed by atoms with van der Waals surface area (Å²) in [6, 6.07) is 1.89. The number of nitrogens with zero attached hydrogens (tertiary/aromatic N) is 2. The van der Waals surface area contributed by atoms with E-state index < -0.39 is 0 Å². The van der Waals surface area contributed by atoms with Crippen molar-refractivity contribution in [3.63, 3.8) is 0 Å². The highest BCUT2D eigenvalue weighted by molar-refractivity contribution is 14.1. The number of halogens is 2. The van der Waals surface area contributed by atoms with Gasteiger partial charge in [0.25, 0.3) is 0 Å². The number of hydrogen-bond acceptors (Lipinski definition) is 3. The van der Waals surface area contributed by atoms with Gasteiger partial charge in [0.05, 0.1) is 15.5 Å². The van der Waals surface area contributed by atoms with E-state index in [1.54, 1.807) is 6.26 Å². The molecule has 2 aromatic heterocycles. The van der Waals surface area contributed by atoms with Gasteiger partial charge < -0.3 is 4.42 Å². The Hall–Kier alpha value is -0.620.